The molecule has 106 valence electrons. The molecular weight excluding hydrogens is 254 g/mol. The molecule has 2 unspecified atom stereocenters. The van der Waals surface area contributed by atoms with Crippen LogP contribution >= 0.6 is 12.4 Å². The number of nitrogens with one attached hydrogen (secondary N) is 3. The first-order valence-electron chi connectivity index (χ1n) is 6.43. The molecule has 0 bridgehead atoms. The lowest BCUT2D eigenvalue weighted by molar-refractivity contribution is -0.126. The molecule has 0 aromatic rings. The summed E-state index contributed by atoms with van der Waals surface area (Å²) in [6, 6.07) is 0.485. The molecule has 18 heavy (non-hydrogen) atoms. The van der Waals surface area contributed by atoms with Gasteiger partial charge in [-0.2, -0.15) is 0 Å². The van der Waals surface area contributed by atoms with Gasteiger partial charge in [-0.3, -0.25) is 9.59 Å². The zero-order valence-corrected chi connectivity index (χ0v) is 11.9. The van der Waals surface area contributed by atoms with Crippen molar-refractivity contribution in [2.45, 2.75) is 51.6 Å². The van der Waals surface area contributed by atoms with Gasteiger partial charge in [0.05, 0.1) is 6.54 Å². The van der Waals surface area contributed by atoms with Crippen molar-refractivity contribution in [2.24, 2.45) is 0 Å². The summed E-state index contributed by atoms with van der Waals surface area (Å²) in [6.07, 6.45) is 3.37. The second kappa shape index (κ2) is 9.16. The Morgan fingerprint density at radius 3 is 2.67 bits per heavy atom. The minimum atomic E-state index is -0.102. The molecule has 0 spiro atoms. The van der Waals surface area contributed by atoms with Crippen LogP contribution in [0.25, 0.3) is 0 Å². The van der Waals surface area contributed by atoms with Crippen LogP contribution in [-0.4, -0.2) is 37.0 Å². The molecular formula is C12H24ClN3O2. The van der Waals surface area contributed by atoms with E-state index in [-0.39, 0.29) is 36.8 Å². The van der Waals surface area contributed by atoms with E-state index in [1.165, 1.54) is 0 Å². The van der Waals surface area contributed by atoms with Crippen LogP contribution in [0.2, 0.25) is 0 Å². The summed E-state index contributed by atoms with van der Waals surface area (Å²) >= 11 is 0. The van der Waals surface area contributed by atoms with Gasteiger partial charge in [0.25, 0.3) is 0 Å². The van der Waals surface area contributed by atoms with E-state index in [4.69, 9.17) is 0 Å². The molecule has 1 heterocycles. The smallest absolute Gasteiger partial charge is 0.239 e. The first-order valence-corrected chi connectivity index (χ1v) is 6.43. The molecule has 1 aliphatic rings. The van der Waals surface area contributed by atoms with E-state index >= 15 is 0 Å². The Morgan fingerprint density at radius 1 is 1.33 bits per heavy atom. The van der Waals surface area contributed by atoms with E-state index in [2.05, 4.69) is 22.9 Å². The fraction of sp³-hybridized carbons (Fsp3) is 0.833. The van der Waals surface area contributed by atoms with Gasteiger partial charge >= 0.3 is 0 Å². The van der Waals surface area contributed by atoms with Crippen LogP contribution in [-0.2, 0) is 9.59 Å². The molecule has 0 aliphatic carbocycles. The predicted octanol–water partition coefficient (Wildman–Crippen LogP) is 0.581. The third kappa shape index (κ3) is 6.21. The van der Waals surface area contributed by atoms with Crippen molar-refractivity contribution >= 4 is 24.2 Å². The zero-order valence-electron chi connectivity index (χ0n) is 11.1. The highest BCUT2D eigenvalue weighted by Crippen LogP contribution is 2.07. The van der Waals surface area contributed by atoms with Gasteiger partial charge in [-0.25, -0.2) is 0 Å². The van der Waals surface area contributed by atoms with Gasteiger partial charge in [-0.05, 0) is 32.7 Å². The van der Waals surface area contributed by atoms with Crippen LogP contribution in [0.3, 0.4) is 0 Å². The average molecular weight is 278 g/mol. The van der Waals surface area contributed by atoms with Crippen molar-refractivity contribution < 1.29 is 9.59 Å². The Labute approximate surface area is 115 Å². The number of amides is 2. The molecule has 2 atom stereocenters. The molecule has 0 radical (unpaired) electrons. The van der Waals surface area contributed by atoms with Gasteiger partial charge in [0.2, 0.25) is 11.8 Å². The normalized spacial score (nSPS) is 22.8. The van der Waals surface area contributed by atoms with E-state index < -0.39 is 0 Å². The number of hydrogen-bond acceptors (Lipinski definition) is 3. The van der Waals surface area contributed by atoms with Crippen LogP contribution in [0.1, 0.15) is 39.5 Å². The van der Waals surface area contributed by atoms with Crippen LogP contribution < -0.4 is 16.0 Å². The van der Waals surface area contributed by atoms with Crippen molar-refractivity contribution in [2.75, 3.05) is 13.1 Å². The van der Waals surface area contributed by atoms with Gasteiger partial charge in [0.15, 0.2) is 0 Å². The Kier molecular flexibility index (Phi) is 8.75. The summed E-state index contributed by atoms with van der Waals surface area (Å²) in [6.45, 7) is 5.11. The number of carbonyl (C=O) groups is 2. The Hall–Kier alpha value is -0.810. The monoisotopic (exact) mass is 277 g/mol. The fourth-order valence-electron chi connectivity index (χ4n) is 1.99. The summed E-state index contributed by atoms with van der Waals surface area (Å²) in [4.78, 5) is 22.8. The molecule has 3 N–H and O–H groups in total. The Bertz CT molecular complexity index is 274. The molecule has 2 amide bonds. The van der Waals surface area contributed by atoms with Crippen molar-refractivity contribution in [3.63, 3.8) is 0 Å². The number of carbonyl (C=O) groups excluding carboxylic acids is 2. The zero-order chi connectivity index (χ0) is 12.7. The first-order chi connectivity index (χ1) is 8.13. The third-order valence-corrected chi connectivity index (χ3v) is 3.03. The van der Waals surface area contributed by atoms with E-state index in [9.17, 15) is 9.59 Å². The van der Waals surface area contributed by atoms with E-state index in [0.29, 0.717) is 12.5 Å². The van der Waals surface area contributed by atoms with Gasteiger partial charge in [0, 0.05) is 18.5 Å². The summed E-state index contributed by atoms with van der Waals surface area (Å²) in [7, 11) is 0. The van der Waals surface area contributed by atoms with E-state index in [1.54, 1.807) is 0 Å². The molecule has 0 aromatic carbocycles. The van der Waals surface area contributed by atoms with E-state index in [1.807, 2.05) is 6.92 Å². The van der Waals surface area contributed by atoms with Crippen molar-refractivity contribution in [1.82, 2.24) is 16.0 Å². The minimum Gasteiger partial charge on any atom is -0.350 e. The Balaban J connectivity index is 0.00000289. The number of hydrogen-bond donors (Lipinski definition) is 3. The third-order valence-electron chi connectivity index (χ3n) is 3.03. The van der Waals surface area contributed by atoms with E-state index in [0.717, 1.165) is 25.8 Å². The predicted molar refractivity (Wildman–Crippen MR) is 73.8 cm³/mol. The van der Waals surface area contributed by atoms with Gasteiger partial charge < -0.3 is 16.0 Å². The summed E-state index contributed by atoms with van der Waals surface area (Å²) in [5, 5.41) is 8.89. The molecule has 1 rings (SSSR count). The van der Waals surface area contributed by atoms with Crippen LogP contribution in [0.5, 0.6) is 0 Å². The molecule has 6 heteroatoms. The quantitative estimate of drug-likeness (QED) is 0.689. The van der Waals surface area contributed by atoms with Crippen LogP contribution in [0.4, 0.5) is 0 Å². The molecule has 1 aliphatic heterocycles. The largest absolute Gasteiger partial charge is 0.350 e. The highest BCUT2D eigenvalue weighted by molar-refractivity contribution is 5.85. The highest BCUT2D eigenvalue weighted by atomic mass is 35.5. The Morgan fingerprint density at radius 2 is 2.06 bits per heavy atom. The number of halogens is 1. The van der Waals surface area contributed by atoms with Gasteiger partial charge in [-0.15, -0.1) is 12.4 Å². The summed E-state index contributed by atoms with van der Waals surface area (Å²) in [5.41, 5.74) is 0. The lowest BCUT2D eigenvalue weighted by Crippen LogP contribution is -2.53. The fourth-order valence-corrected chi connectivity index (χ4v) is 1.99. The SMILES string of the molecule is CCCC(=O)NCC(=O)NC1CCCNC1C.Cl. The molecule has 0 aromatic heterocycles. The second-order valence-corrected chi connectivity index (χ2v) is 4.59. The maximum Gasteiger partial charge on any atom is 0.239 e. The second-order valence-electron chi connectivity index (χ2n) is 4.59. The summed E-state index contributed by atoms with van der Waals surface area (Å²) < 4.78 is 0. The number of rotatable bonds is 5. The minimum absolute atomic E-state index is 0. The van der Waals surface area contributed by atoms with Crippen LogP contribution in [0.15, 0.2) is 0 Å². The highest BCUT2D eigenvalue weighted by Gasteiger charge is 2.22. The molecule has 1 saturated heterocycles. The van der Waals surface area contributed by atoms with Crippen molar-refractivity contribution in [3.8, 4) is 0 Å². The van der Waals surface area contributed by atoms with Crippen molar-refractivity contribution in [3.05, 3.63) is 0 Å². The molecule has 0 saturated carbocycles. The first kappa shape index (κ1) is 17.2. The lowest BCUT2D eigenvalue weighted by atomic mass is 10.00. The molecule has 5 nitrogen and oxygen atoms in total. The average Bonchev–Trinajstić information content (AvgIpc) is 2.30. The standard InChI is InChI=1S/C12H23N3O2.ClH/c1-3-5-11(16)14-8-12(17)15-10-6-4-7-13-9(10)2;/h9-10,13H,3-8H2,1-2H3,(H,14,16)(H,15,17);1H. The maximum atomic E-state index is 11.6. The van der Waals surface area contributed by atoms with Crippen LogP contribution in [0, 0.1) is 0 Å². The molecule has 1 fully saturated rings. The van der Waals surface area contributed by atoms with Gasteiger partial charge in [0.1, 0.15) is 0 Å². The topological polar surface area (TPSA) is 70.2 Å². The summed E-state index contributed by atoms with van der Waals surface area (Å²) in [5.74, 6) is -0.160. The lowest BCUT2D eigenvalue weighted by Gasteiger charge is -2.30. The van der Waals surface area contributed by atoms with Crippen molar-refractivity contribution in [1.29, 1.82) is 0 Å². The number of piperidine rings is 1. The van der Waals surface area contributed by atoms with Gasteiger partial charge in [-0.1, -0.05) is 6.92 Å². The maximum absolute atomic E-state index is 11.6.